The third kappa shape index (κ3) is 4.90. The predicted molar refractivity (Wildman–Crippen MR) is 65.9 cm³/mol. The summed E-state index contributed by atoms with van der Waals surface area (Å²) in [6.45, 7) is 4.21. The highest BCUT2D eigenvalue weighted by atomic mass is 19.4. The van der Waals surface area contributed by atoms with Crippen molar-refractivity contribution in [3.05, 3.63) is 11.8 Å². The number of alkyl halides is 3. The minimum absolute atomic E-state index is 0.0513. The van der Waals surface area contributed by atoms with Crippen molar-refractivity contribution in [3.63, 3.8) is 0 Å². The van der Waals surface area contributed by atoms with E-state index < -0.39 is 11.9 Å². The Bertz CT molecular complexity index is 411. The van der Waals surface area contributed by atoms with Gasteiger partial charge in [0, 0.05) is 25.8 Å². The zero-order valence-corrected chi connectivity index (χ0v) is 10.8. The third-order valence-electron chi connectivity index (χ3n) is 2.29. The molecule has 0 saturated carbocycles. The summed E-state index contributed by atoms with van der Waals surface area (Å²) in [5, 5.41) is 14.3. The lowest BCUT2D eigenvalue weighted by atomic mass is 10.2. The summed E-state index contributed by atoms with van der Waals surface area (Å²) in [4.78, 5) is 7.33. The number of nitrogens with zero attached hydrogens (tertiary/aromatic N) is 2. The maximum Gasteiger partial charge on any atom is 0.433 e. The molecule has 0 saturated heterocycles. The molecule has 1 atom stereocenters. The van der Waals surface area contributed by atoms with Crippen LogP contribution < -0.4 is 10.6 Å². The molecule has 1 aromatic rings. The topological polar surface area (TPSA) is 70.1 Å². The molecule has 0 fully saturated rings. The van der Waals surface area contributed by atoms with Crippen LogP contribution in [0.4, 0.5) is 24.9 Å². The molecule has 1 heterocycles. The van der Waals surface area contributed by atoms with Gasteiger partial charge in [0.05, 0.1) is 0 Å². The van der Waals surface area contributed by atoms with Gasteiger partial charge >= 0.3 is 6.18 Å². The molecule has 1 aromatic heterocycles. The number of rotatable bonds is 6. The molecular weight excluding hydrogens is 261 g/mol. The summed E-state index contributed by atoms with van der Waals surface area (Å²) >= 11 is 0. The van der Waals surface area contributed by atoms with Crippen molar-refractivity contribution in [2.24, 2.45) is 5.92 Å². The summed E-state index contributed by atoms with van der Waals surface area (Å²) in [7, 11) is 0. The van der Waals surface area contributed by atoms with E-state index in [-0.39, 0.29) is 24.3 Å². The zero-order valence-electron chi connectivity index (χ0n) is 10.8. The van der Waals surface area contributed by atoms with Gasteiger partial charge in [-0.3, -0.25) is 0 Å². The number of aromatic nitrogens is 2. The first kappa shape index (κ1) is 15.5. The SMILES string of the molecule is CCNc1nc(NCC(C)CO)cc(C(F)(F)F)n1. The lowest BCUT2D eigenvalue weighted by Gasteiger charge is -2.13. The van der Waals surface area contributed by atoms with E-state index in [0.29, 0.717) is 13.1 Å². The molecule has 0 aliphatic carbocycles. The van der Waals surface area contributed by atoms with Crippen molar-refractivity contribution in [2.75, 3.05) is 30.3 Å². The van der Waals surface area contributed by atoms with E-state index in [4.69, 9.17) is 5.11 Å². The number of hydrogen-bond acceptors (Lipinski definition) is 5. The average Bonchev–Trinajstić information content (AvgIpc) is 2.35. The van der Waals surface area contributed by atoms with Gasteiger partial charge in [0.25, 0.3) is 0 Å². The van der Waals surface area contributed by atoms with E-state index in [1.165, 1.54) is 0 Å². The smallest absolute Gasteiger partial charge is 0.396 e. The number of aliphatic hydroxyl groups is 1. The van der Waals surface area contributed by atoms with Gasteiger partial charge in [-0.15, -0.1) is 0 Å². The summed E-state index contributed by atoms with van der Waals surface area (Å²) in [5.74, 6) is -0.0677. The van der Waals surface area contributed by atoms with Crippen molar-refractivity contribution >= 4 is 11.8 Å². The van der Waals surface area contributed by atoms with Crippen molar-refractivity contribution in [1.82, 2.24) is 9.97 Å². The lowest BCUT2D eigenvalue weighted by Crippen LogP contribution is -2.18. The highest BCUT2D eigenvalue weighted by Crippen LogP contribution is 2.29. The molecule has 0 aromatic carbocycles. The van der Waals surface area contributed by atoms with E-state index in [1.807, 2.05) is 0 Å². The highest BCUT2D eigenvalue weighted by Gasteiger charge is 2.33. The maximum atomic E-state index is 12.7. The molecule has 0 aliphatic heterocycles. The van der Waals surface area contributed by atoms with E-state index >= 15 is 0 Å². The summed E-state index contributed by atoms with van der Waals surface area (Å²) < 4.78 is 38.0. The van der Waals surface area contributed by atoms with Crippen LogP contribution in [-0.2, 0) is 6.18 Å². The first-order valence-corrected chi connectivity index (χ1v) is 5.91. The fourth-order valence-corrected chi connectivity index (χ4v) is 1.26. The van der Waals surface area contributed by atoms with Gasteiger partial charge in [0.1, 0.15) is 5.82 Å². The van der Waals surface area contributed by atoms with Gasteiger partial charge in [0.2, 0.25) is 5.95 Å². The number of hydrogen-bond donors (Lipinski definition) is 3. The average molecular weight is 278 g/mol. The number of nitrogens with one attached hydrogen (secondary N) is 2. The monoisotopic (exact) mass is 278 g/mol. The number of aliphatic hydroxyl groups excluding tert-OH is 1. The second-order valence-electron chi connectivity index (χ2n) is 4.16. The maximum absolute atomic E-state index is 12.7. The standard InChI is InChI=1S/C11H17F3N4O/c1-3-15-10-17-8(11(12,13)14)4-9(18-10)16-5-7(2)6-19/h4,7,19H,3,5-6H2,1-2H3,(H2,15,16,17,18). The van der Waals surface area contributed by atoms with Crippen LogP contribution in [0.25, 0.3) is 0 Å². The molecule has 0 aliphatic rings. The van der Waals surface area contributed by atoms with Gasteiger partial charge in [-0.25, -0.2) is 4.98 Å². The zero-order chi connectivity index (χ0) is 14.5. The Balaban J connectivity index is 2.93. The van der Waals surface area contributed by atoms with Crippen LogP contribution in [0.1, 0.15) is 19.5 Å². The van der Waals surface area contributed by atoms with Gasteiger partial charge in [-0.1, -0.05) is 6.92 Å². The lowest BCUT2D eigenvalue weighted by molar-refractivity contribution is -0.141. The van der Waals surface area contributed by atoms with Crippen LogP contribution >= 0.6 is 0 Å². The Labute approximate surface area is 109 Å². The Morgan fingerprint density at radius 3 is 2.53 bits per heavy atom. The Hall–Kier alpha value is -1.57. The molecule has 0 amide bonds. The molecule has 1 rings (SSSR count). The Kier molecular flexibility index (Phi) is 5.34. The van der Waals surface area contributed by atoms with E-state index in [2.05, 4.69) is 20.6 Å². The van der Waals surface area contributed by atoms with Gasteiger partial charge < -0.3 is 15.7 Å². The van der Waals surface area contributed by atoms with Gasteiger partial charge in [0.15, 0.2) is 5.69 Å². The van der Waals surface area contributed by atoms with Crippen molar-refractivity contribution in [2.45, 2.75) is 20.0 Å². The first-order chi connectivity index (χ1) is 8.86. The van der Waals surface area contributed by atoms with E-state index in [1.54, 1.807) is 13.8 Å². The molecule has 8 heteroatoms. The van der Waals surface area contributed by atoms with E-state index in [9.17, 15) is 13.2 Å². The summed E-state index contributed by atoms with van der Waals surface area (Å²) in [5.41, 5.74) is -1.00. The molecule has 1 unspecified atom stereocenters. The quantitative estimate of drug-likeness (QED) is 0.742. The van der Waals surface area contributed by atoms with Gasteiger partial charge in [-0.2, -0.15) is 18.2 Å². The number of halogens is 3. The van der Waals surface area contributed by atoms with Gasteiger partial charge in [-0.05, 0) is 12.8 Å². The molecule has 0 bridgehead atoms. The van der Waals surface area contributed by atoms with Crippen molar-refractivity contribution in [1.29, 1.82) is 0 Å². The number of anilines is 2. The first-order valence-electron chi connectivity index (χ1n) is 5.91. The fourth-order valence-electron chi connectivity index (χ4n) is 1.26. The highest BCUT2D eigenvalue weighted by molar-refractivity contribution is 5.43. The molecule has 0 radical (unpaired) electrons. The summed E-state index contributed by atoms with van der Waals surface area (Å²) in [6, 6.07) is 0.852. The normalized spacial score (nSPS) is 13.2. The van der Waals surface area contributed by atoms with Crippen LogP contribution in [0.3, 0.4) is 0 Å². The Morgan fingerprint density at radius 2 is 2.00 bits per heavy atom. The largest absolute Gasteiger partial charge is 0.433 e. The minimum Gasteiger partial charge on any atom is -0.396 e. The van der Waals surface area contributed by atoms with Crippen LogP contribution in [0.5, 0.6) is 0 Å². The molecule has 5 nitrogen and oxygen atoms in total. The minimum atomic E-state index is -4.52. The molecule has 0 spiro atoms. The van der Waals surface area contributed by atoms with Crippen LogP contribution in [0.15, 0.2) is 6.07 Å². The molecular formula is C11H17F3N4O. The molecule has 19 heavy (non-hydrogen) atoms. The molecule has 108 valence electrons. The Morgan fingerprint density at radius 1 is 1.32 bits per heavy atom. The third-order valence-corrected chi connectivity index (χ3v) is 2.29. The van der Waals surface area contributed by atoms with E-state index in [0.717, 1.165) is 6.07 Å². The second-order valence-corrected chi connectivity index (χ2v) is 4.16. The van der Waals surface area contributed by atoms with Crippen molar-refractivity contribution < 1.29 is 18.3 Å². The van der Waals surface area contributed by atoms with Crippen LogP contribution in [0.2, 0.25) is 0 Å². The molecule has 3 N–H and O–H groups in total. The van der Waals surface area contributed by atoms with Crippen molar-refractivity contribution in [3.8, 4) is 0 Å². The predicted octanol–water partition coefficient (Wildman–Crippen LogP) is 1.97. The second kappa shape index (κ2) is 6.55. The fraction of sp³-hybridized carbons (Fsp3) is 0.636. The van der Waals surface area contributed by atoms with Crippen LogP contribution in [0, 0.1) is 5.92 Å². The summed E-state index contributed by atoms with van der Waals surface area (Å²) in [6.07, 6.45) is -4.52. The van der Waals surface area contributed by atoms with Crippen LogP contribution in [-0.4, -0.2) is 34.8 Å².